The Bertz CT molecular complexity index is 763. The monoisotopic (exact) mass is 300 g/mol. The van der Waals surface area contributed by atoms with Crippen molar-refractivity contribution in [3.05, 3.63) is 45.7 Å². The highest BCUT2D eigenvalue weighted by Crippen LogP contribution is 2.29. The smallest absolute Gasteiger partial charge is 0.277 e. The van der Waals surface area contributed by atoms with Gasteiger partial charge in [0.05, 0.1) is 18.4 Å². The number of benzene rings is 1. The van der Waals surface area contributed by atoms with Crippen LogP contribution in [0.3, 0.4) is 0 Å². The predicted molar refractivity (Wildman–Crippen MR) is 85.5 cm³/mol. The number of methoxy groups -OCH3 is 1. The van der Waals surface area contributed by atoms with Crippen LogP contribution in [-0.4, -0.2) is 22.7 Å². The minimum absolute atomic E-state index is 0.155. The molecule has 0 unspecified atom stereocenters. The van der Waals surface area contributed by atoms with Crippen LogP contribution < -0.4 is 10.3 Å². The Hall–Kier alpha value is -2.43. The summed E-state index contributed by atoms with van der Waals surface area (Å²) < 4.78 is 6.73. The molecule has 0 radical (unpaired) electrons. The van der Waals surface area contributed by atoms with Gasteiger partial charge >= 0.3 is 0 Å². The molecular formula is C17H20N2O3. The van der Waals surface area contributed by atoms with Crippen LogP contribution in [-0.2, 0) is 6.54 Å². The molecule has 0 saturated heterocycles. The number of carbonyl (C=O) groups is 1. The number of hydrogen-bond acceptors (Lipinski definition) is 4. The van der Waals surface area contributed by atoms with Crippen LogP contribution in [0.2, 0.25) is 0 Å². The largest absolute Gasteiger partial charge is 0.496 e. The number of ether oxygens (including phenoxy) is 1. The molecule has 0 N–H and O–H groups in total. The summed E-state index contributed by atoms with van der Waals surface area (Å²) in [6.07, 6.45) is 0.763. The minimum atomic E-state index is -0.343. The summed E-state index contributed by atoms with van der Waals surface area (Å²) >= 11 is 0. The highest BCUT2D eigenvalue weighted by atomic mass is 16.5. The third kappa shape index (κ3) is 3.08. The Morgan fingerprint density at radius 3 is 2.64 bits per heavy atom. The molecule has 2 aromatic rings. The van der Waals surface area contributed by atoms with Crippen LogP contribution in [0.4, 0.5) is 0 Å². The summed E-state index contributed by atoms with van der Waals surface area (Å²) in [6, 6.07) is 7.28. The van der Waals surface area contributed by atoms with Crippen molar-refractivity contribution >= 4 is 5.78 Å². The lowest BCUT2D eigenvalue weighted by molar-refractivity contribution is 0.101. The van der Waals surface area contributed by atoms with Gasteiger partial charge in [-0.3, -0.25) is 9.59 Å². The first kappa shape index (κ1) is 15.9. The van der Waals surface area contributed by atoms with E-state index >= 15 is 0 Å². The molecule has 0 fully saturated rings. The Balaban J connectivity index is 2.73. The fourth-order valence-corrected chi connectivity index (χ4v) is 2.31. The molecule has 0 saturated carbocycles. The molecule has 2 rings (SSSR count). The lowest BCUT2D eigenvalue weighted by Crippen LogP contribution is -2.28. The van der Waals surface area contributed by atoms with E-state index in [1.54, 1.807) is 13.2 Å². The maximum atomic E-state index is 12.3. The van der Waals surface area contributed by atoms with Crippen molar-refractivity contribution in [2.75, 3.05) is 7.11 Å². The summed E-state index contributed by atoms with van der Waals surface area (Å²) in [4.78, 5) is 24.0. The number of nitrogens with zero attached hydrogens (tertiary/aromatic N) is 2. The average Bonchev–Trinajstić information content (AvgIpc) is 2.49. The molecular weight excluding hydrogens is 280 g/mol. The van der Waals surface area contributed by atoms with Gasteiger partial charge in [0.1, 0.15) is 5.75 Å². The highest BCUT2D eigenvalue weighted by molar-refractivity contribution is 5.94. The third-order valence-corrected chi connectivity index (χ3v) is 3.42. The SMILES string of the molecule is CCCn1nc(-c2cc(C)ccc2OC)cc(C(C)=O)c1=O. The molecule has 22 heavy (non-hydrogen) atoms. The summed E-state index contributed by atoms with van der Waals surface area (Å²) in [5.41, 5.74) is 2.20. The van der Waals surface area contributed by atoms with E-state index in [0.717, 1.165) is 17.5 Å². The van der Waals surface area contributed by atoms with Crippen LogP contribution in [0.5, 0.6) is 5.75 Å². The number of ketones is 1. The zero-order valence-corrected chi connectivity index (χ0v) is 13.3. The van der Waals surface area contributed by atoms with Gasteiger partial charge in [0.2, 0.25) is 0 Å². The second kappa shape index (κ2) is 6.56. The van der Waals surface area contributed by atoms with Gasteiger partial charge in [0, 0.05) is 12.1 Å². The Morgan fingerprint density at radius 2 is 2.05 bits per heavy atom. The van der Waals surface area contributed by atoms with Gasteiger partial charge in [-0.15, -0.1) is 0 Å². The standard InChI is InChI=1S/C17H20N2O3/c1-5-8-19-17(21)13(12(3)20)10-15(18-19)14-9-11(2)6-7-16(14)22-4/h6-7,9-10H,5,8H2,1-4H3. The van der Waals surface area contributed by atoms with E-state index in [2.05, 4.69) is 5.10 Å². The summed E-state index contributed by atoms with van der Waals surface area (Å²) in [5.74, 6) is 0.402. The number of rotatable bonds is 5. The Kier molecular flexibility index (Phi) is 4.75. The quantitative estimate of drug-likeness (QED) is 0.797. The number of hydrogen-bond donors (Lipinski definition) is 0. The van der Waals surface area contributed by atoms with Crippen molar-refractivity contribution in [2.24, 2.45) is 0 Å². The molecule has 0 aliphatic heterocycles. The molecule has 0 aliphatic rings. The van der Waals surface area contributed by atoms with Crippen LogP contribution in [0, 0.1) is 6.92 Å². The normalized spacial score (nSPS) is 10.5. The predicted octanol–water partition coefficient (Wildman–Crippen LogP) is 2.84. The van der Waals surface area contributed by atoms with E-state index in [-0.39, 0.29) is 16.9 Å². The summed E-state index contributed by atoms with van der Waals surface area (Å²) in [6.45, 7) is 5.80. The molecule has 116 valence electrons. The van der Waals surface area contributed by atoms with Crippen molar-refractivity contribution in [2.45, 2.75) is 33.7 Å². The van der Waals surface area contributed by atoms with Gasteiger partial charge in [-0.05, 0) is 38.5 Å². The van der Waals surface area contributed by atoms with Crippen LogP contribution in [0.25, 0.3) is 11.3 Å². The molecule has 1 heterocycles. The second-order valence-corrected chi connectivity index (χ2v) is 5.23. The number of aromatic nitrogens is 2. The van der Waals surface area contributed by atoms with Gasteiger partial charge in [-0.1, -0.05) is 18.6 Å². The van der Waals surface area contributed by atoms with Crippen molar-refractivity contribution in [3.8, 4) is 17.0 Å². The van der Waals surface area contributed by atoms with E-state index < -0.39 is 0 Å². The highest BCUT2D eigenvalue weighted by Gasteiger charge is 2.15. The second-order valence-electron chi connectivity index (χ2n) is 5.23. The minimum Gasteiger partial charge on any atom is -0.496 e. The summed E-state index contributed by atoms with van der Waals surface area (Å²) in [5, 5.41) is 4.40. The third-order valence-electron chi connectivity index (χ3n) is 3.42. The zero-order valence-electron chi connectivity index (χ0n) is 13.3. The molecule has 0 bridgehead atoms. The fourth-order valence-electron chi connectivity index (χ4n) is 2.31. The number of aryl methyl sites for hydroxylation is 2. The van der Waals surface area contributed by atoms with E-state index in [4.69, 9.17) is 4.74 Å². The van der Waals surface area contributed by atoms with Crippen molar-refractivity contribution in [1.82, 2.24) is 9.78 Å². The van der Waals surface area contributed by atoms with Crippen molar-refractivity contribution in [1.29, 1.82) is 0 Å². The molecule has 1 aromatic carbocycles. The van der Waals surface area contributed by atoms with E-state index in [1.807, 2.05) is 32.0 Å². The van der Waals surface area contributed by atoms with Gasteiger partial charge < -0.3 is 4.74 Å². The van der Waals surface area contributed by atoms with E-state index in [9.17, 15) is 9.59 Å². The van der Waals surface area contributed by atoms with Crippen LogP contribution in [0.15, 0.2) is 29.1 Å². The Morgan fingerprint density at radius 1 is 1.32 bits per heavy atom. The lowest BCUT2D eigenvalue weighted by atomic mass is 10.0. The van der Waals surface area contributed by atoms with E-state index in [0.29, 0.717) is 18.0 Å². The fraction of sp³-hybridized carbons (Fsp3) is 0.353. The number of Topliss-reactive ketones (excluding diaryl/α,β-unsaturated/α-hetero) is 1. The molecule has 0 spiro atoms. The maximum absolute atomic E-state index is 12.3. The van der Waals surface area contributed by atoms with Crippen LogP contribution in [0.1, 0.15) is 36.2 Å². The molecule has 5 nitrogen and oxygen atoms in total. The first-order chi connectivity index (χ1) is 10.5. The topological polar surface area (TPSA) is 61.2 Å². The van der Waals surface area contributed by atoms with Gasteiger partial charge in [0.15, 0.2) is 5.78 Å². The molecule has 5 heteroatoms. The molecule has 0 amide bonds. The van der Waals surface area contributed by atoms with Crippen molar-refractivity contribution < 1.29 is 9.53 Å². The number of carbonyl (C=O) groups excluding carboxylic acids is 1. The lowest BCUT2D eigenvalue weighted by Gasteiger charge is -2.12. The summed E-state index contributed by atoms with van der Waals surface area (Å²) in [7, 11) is 1.59. The average molecular weight is 300 g/mol. The van der Waals surface area contributed by atoms with Crippen molar-refractivity contribution in [3.63, 3.8) is 0 Å². The van der Waals surface area contributed by atoms with Gasteiger partial charge in [-0.2, -0.15) is 5.10 Å². The molecule has 0 aliphatic carbocycles. The first-order valence-electron chi connectivity index (χ1n) is 7.26. The molecule has 0 atom stereocenters. The first-order valence-corrected chi connectivity index (χ1v) is 7.26. The van der Waals surface area contributed by atoms with Gasteiger partial charge in [0.25, 0.3) is 5.56 Å². The van der Waals surface area contributed by atoms with Crippen LogP contribution >= 0.6 is 0 Å². The Labute approximate surface area is 129 Å². The van der Waals surface area contributed by atoms with E-state index in [1.165, 1.54) is 11.6 Å². The molecule has 1 aromatic heterocycles. The zero-order chi connectivity index (χ0) is 16.3. The maximum Gasteiger partial charge on any atom is 0.277 e. The van der Waals surface area contributed by atoms with Gasteiger partial charge in [-0.25, -0.2) is 4.68 Å².